The molecule has 3 amide bonds. The molecule has 2 heterocycles. The van der Waals surface area contributed by atoms with Crippen LogP contribution in [0.3, 0.4) is 0 Å². The van der Waals surface area contributed by atoms with Crippen molar-refractivity contribution in [2.45, 2.75) is 13.0 Å². The summed E-state index contributed by atoms with van der Waals surface area (Å²) >= 11 is 1.42. The van der Waals surface area contributed by atoms with Gasteiger partial charge >= 0.3 is 6.03 Å². The van der Waals surface area contributed by atoms with Crippen LogP contribution in [0.5, 0.6) is 5.75 Å². The quantitative estimate of drug-likeness (QED) is 0.338. The molecule has 0 saturated heterocycles. The minimum atomic E-state index is -1.07. The largest absolute Gasteiger partial charge is 0.507 e. The summed E-state index contributed by atoms with van der Waals surface area (Å²) in [4.78, 5) is 37.6. The van der Waals surface area contributed by atoms with Crippen LogP contribution >= 0.6 is 11.3 Å². The highest BCUT2D eigenvalue weighted by Gasteiger charge is 2.25. The fourth-order valence-electron chi connectivity index (χ4n) is 3.02. The van der Waals surface area contributed by atoms with Crippen molar-refractivity contribution >= 4 is 44.3 Å². The Morgan fingerprint density at radius 3 is 2.67 bits per heavy atom. The number of nitrogens with zero attached hydrogens (tertiary/aromatic N) is 1. The van der Waals surface area contributed by atoms with Crippen LogP contribution in [-0.2, 0) is 0 Å². The number of nitrogens with one attached hydrogen (secondary N) is 1. The van der Waals surface area contributed by atoms with E-state index in [4.69, 9.17) is 4.42 Å². The molecule has 0 saturated carbocycles. The van der Waals surface area contributed by atoms with Crippen molar-refractivity contribution in [2.75, 3.05) is 0 Å². The van der Waals surface area contributed by atoms with Crippen LogP contribution in [0, 0.1) is 0 Å². The zero-order chi connectivity index (χ0) is 21.4. The van der Waals surface area contributed by atoms with Crippen LogP contribution < -0.4 is 10.7 Å². The van der Waals surface area contributed by atoms with E-state index in [0.29, 0.717) is 5.06 Å². The Morgan fingerprint density at radius 2 is 1.90 bits per heavy atom. The summed E-state index contributed by atoms with van der Waals surface area (Å²) < 4.78 is 6.33. The molecule has 1 atom stereocenters. The predicted octanol–water partition coefficient (Wildman–Crippen LogP) is 4.02. The van der Waals surface area contributed by atoms with Gasteiger partial charge < -0.3 is 9.52 Å². The fourth-order valence-corrected chi connectivity index (χ4v) is 4.13. The number of fused-ring (bicyclic) bond motifs is 2. The first-order valence-corrected chi connectivity index (χ1v) is 9.74. The van der Waals surface area contributed by atoms with Crippen molar-refractivity contribution in [1.82, 2.24) is 10.4 Å². The molecule has 4 rings (SSSR count). The number of phenols is 1. The van der Waals surface area contributed by atoms with E-state index in [0.717, 1.165) is 21.0 Å². The lowest BCUT2D eigenvalue weighted by Crippen LogP contribution is -2.42. The van der Waals surface area contributed by atoms with Crippen molar-refractivity contribution in [3.05, 3.63) is 75.5 Å². The monoisotopic (exact) mass is 424 g/mol. The summed E-state index contributed by atoms with van der Waals surface area (Å²) in [6, 6.07) is 12.8. The first-order valence-electron chi connectivity index (χ1n) is 8.93. The van der Waals surface area contributed by atoms with Gasteiger partial charge in [0.05, 0.1) is 6.04 Å². The molecule has 0 radical (unpaired) electrons. The number of hydrogen-bond donors (Lipinski definition) is 3. The standard InChI is InChI=1S/C21H16N2O6S/c1-11(18-9-12-5-2-3-8-17(12)30-18)23(28)21(27)22-20(26)16-10-14(25)19-13(24)6-4-7-15(19)29-16/h2-11,24,28H,1H3,(H,22,26,27). The highest BCUT2D eigenvalue weighted by Crippen LogP contribution is 2.32. The maximum Gasteiger partial charge on any atom is 0.348 e. The summed E-state index contributed by atoms with van der Waals surface area (Å²) in [5.41, 5.74) is -0.633. The third-order valence-corrected chi connectivity index (χ3v) is 5.89. The number of thiophene rings is 1. The molecule has 3 N–H and O–H groups in total. The number of imide groups is 1. The Hall–Kier alpha value is -3.69. The molecule has 30 heavy (non-hydrogen) atoms. The van der Waals surface area contributed by atoms with E-state index < -0.39 is 29.2 Å². The highest BCUT2D eigenvalue weighted by atomic mass is 32.1. The first kappa shape index (κ1) is 19.6. The van der Waals surface area contributed by atoms with E-state index in [1.54, 1.807) is 6.92 Å². The Labute approximate surface area is 173 Å². The lowest BCUT2D eigenvalue weighted by molar-refractivity contribution is -0.0726. The van der Waals surface area contributed by atoms with Crippen molar-refractivity contribution in [3.8, 4) is 5.75 Å². The van der Waals surface area contributed by atoms with E-state index in [1.807, 2.05) is 35.6 Å². The third-order valence-electron chi connectivity index (χ3n) is 4.61. The Morgan fingerprint density at radius 1 is 1.13 bits per heavy atom. The first-order chi connectivity index (χ1) is 14.3. The van der Waals surface area contributed by atoms with Crippen LogP contribution in [0.4, 0.5) is 4.79 Å². The van der Waals surface area contributed by atoms with Crippen LogP contribution in [0.1, 0.15) is 28.4 Å². The minimum Gasteiger partial charge on any atom is -0.507 e. The number of carbonyl (C=O) groups excluding carboxylic acids is 2. The molecule has 0 aliphatic rings. The number of urea groups is 1. The highest BCUT2D eigenvalue weighted by molar-refractivity contribution is 7.19. The summed E-state index contributed by atoms with van der Waals surface area (Å²) in [5.74, 6) is -1.69. The van der Waals surface area contributed by atoms with Gasteiger partial charge in [0.15, 0.2) is 11.2 Å². The van der Waals surface area contributed by atoms with Gasteiger partial charge in [0.25, 0.3) is 5.91 Å². The number of phenolic OH excluding ortho intramolecular Hbond substituents is 1. The number of amides is 3. The van der Waals surface area contributed by atoms with E-state index in [2.05, 4.69) is 0 Å². The Kier molecular flexibility index (Phi) is 4.98. The molecule has 2 aromatic heterocycles. The molecule has 2 aromatic carbocycles. The van der Waals surface area contributed by atoms with Gasteiger partial charge in [0, 0.05) is 15.6 Å². The number of hydroxylamine groups is 2. The average Bonchev–Trinajstić information content (AvgIpc) is 3.16. The lowest BCUT2D eigenvalue weighted by Gasteiger charge is -2.21. The second-order valence-electron chi connectivity index (χ2n) is 6.59. The maximum atomic E-state index is 12.4. The number of hydrogen-bond acceptors (Lipinski definition) is 7. The van der Waals surface area contributed by atoms with E-state index in [1.165, 1.54) is 29.5 Å². The fraction of sp³-hybridized carbons (Fsp3) is 0.0952. The van der Waals surface area contributed by atoms with Crippen molar-refractivity contribution in [2.24, 2.45) is 0 Å². The Bertz CT molecular complexity index is 1310. The smallest absolute Gasteiger partial charge is 0.348 e. The van der Waals surface area contributed by atoms with Crippen molar-refractivity contribution in [1.29, 1.82) is 0 Å². The molecule has 9 heteroatoms. The predicted molar refractivity (Wildman–Crippen MR) is 111 cm³/mol. The maximum absolute atomic E-state index is 12.4. The molecule has 0 fully saturated rings. The SMILES string of the molecule is CC(c1cc2ccccc2s1)N(O)C(=O)NC(=O)c1cc(=O)c2c(O)cccc2o1. The average molecular weight is 424 g/mol. The number of carbonyl (C=O) groups is 2. The molecule has 0 aliphatic carbocycles. The molecule has 152 valence electrons. The van der Waals surface area contributed by atoms with Gasteiger partial charge in [-0.1, -0.05) is 24.3 Å². The van der Waals surface area contributed by atoms with Crippen molar-refractivity contribution < 1.29 is 24.3 Å². The second-order valence-corrected chi connectivity index (χ2v) is 7.71. The molecule has 0 bridgehead atoms. The Balaban J connectivity index is 1.53. The molecule has 8 nitrogen and oxygen atoms in total. The molecule has 0 spiro atoms. The normalized spacial score (nSPS) is 12.1. The van der Waals surface area contributed by atoms with Gasteiger partial charge in [-0.25, -0.2) is 4.79 Å². The topological polar surface area (TPSA) is 120 Å². The van der Waals surface area contributed by atoms with Gasteiger partial charge in [-0.05, 0) is 36.6 Å². The van der Waals surface area contributed by atoms with Crippen LogP contribution in [0.2, 0.25) is 0 Å². The molecular formula is C21H16N2O6S. The van der Waals surface area contributed by atoms with Crippen LogP contribution in [-0.4, -0.2) is 27.3 Å². The van der Waals surface area contributed by atoms with Gasteiger partial charge in [0.2, 0.25) is 0 Å². The van der Waals surface area contributed by atoms with E-state index in [-0.39, 0.29) is 16.7 Å². The molecule has 4 aromatic rings. The van der Waals surface area contributed by atoms with Gasteiger partial charge in [-0.15, -0.1) is 11.3 Å². The van der Waals surface area contributed by atoms with Crippen molar-refractivity contribution in [3.63, 3.8) is 0 Å². The number of benzene rings is 2. The summed E-state index contributed by atoms with van der Waals surface area (Å²) in [6.07, 6.45) is 0. The zero-order valence-corrected chi connectivity index (χ0v) is 16.5. The molecular weight excluding hydrogens is 408 g/mol. The lowest BCUT2D eigenvalue weighted by atomic mass is 10.2. The van der Waals surface area contributed by atoms with E-state index in [9.17, 15) is 24.7 Å². The van der Waals surface area contributed by atoms with Gasteiger partial charge in [-0.2, -0.15) is 5.06 Å². The summed E-state index contributed by atoms with van der Waals surface area (Å²) in [7, 11) is 0. The van der Waals surface area contributed by atoms with Crippen LogP contribution in [0.15, 0.2) is 63.8 Å². The van der Waals surface area contributed by atoms with Crippen LogP contribution in [0.25, 0.3) is 21.1 Å². The minimum absolute atomic E-state index is 0.000373. The second kappa shape index (κ2) is 7.62. The summed E-state index contributed by atoms with van der Waals surface area (Å²) in [5, 5.41) is 23.4. The summed E-state index contributed by atoms with van der Waals surface area (Å²) in [6.45, 7) is 1.62. The zero-order valence-electron chi connectivity index (χ0n) is 15.7. The third kappa shape index (κ3) is 3.51. The van der Waals surface area contributed by atoms with Gasteiger partial charge in [-0.3, -0.25) is 20.1 Å². The van der Waals surface area contributed by atoms with E-state index >= 15 is 0 Å². The number of rotatable bonds is 3. The molecule has 1 unspecified atom stereocenters. The van der Waals surface area contributed by atoms with Gasteiger partial charge in [0.1, 0.15) is 16.7 Å². The number of aromatic hydroxyl groups is 1. The molecule has 0 aliphatic heterocycles.